The SMILES string of the molecule is Cc1cc(N=C2C(C(C)(C)C)=Nn3nc(-c4ccc(NS(=O)(=O)c5cc(C(=O)[O-])cc(C(=O)[O-])c5)cc4)nc32)cc(Cl)c1O.[K+].[K+]. The second-order valence-electron chi connectivity index (χ2n) is 10.9. The fourth-order valence-electron chi connectivity index (χ4n) is 4.30. The third-order valence-electron chi connectivity index (χ3n) is 6.50. The van der Waals surface area contributed by atoms with Crippen molar-refractivity contribution in [1.29, 1.82) is 0 Å². The molecule has 0 aliphatic carbocycles. The second-order valence-corrected chi connectivity index (χ2v) is 13.0. The number of sulfonamides is 1. The average molecular weight is 713 g/mol. The van der Waals surface area contributed by atoms with Gasteiger partial charge in [0.25, 0.3) is 10.0 Å². The number of phenolic OH excluding ortho intramolecular Hbond substituents is 1. The summed E-state index contributed by atoms with van der Waals surface area (Å²) in [4.78, 5) is 32.7. The van der Waals surface area contributed by atoms with E-state index in [1.807, 2.05) is 20.8 Å². The van der Waals surface area contributed by atoms with E-state index in [0.29, 0.717) is 34.1 Å². The number of rotatable bonds is 7. The number of carbonyl (C=O) groups is 2. The van der Waals surface area contributed by atoms with Gasteiger partial charge in [0.15, 0.2) is 5.82 Å². The monoisotopic (exact) mass is 712 g/mol. The molecule has 1 aromatic heterocycles. The number of fused-ring (bicyclic) bond motifs is 1. The molecule has 0 unspecified atom stereocenters. The van der Waals surface area contributed by atoms with Gasteiger partial charge in [-0.3, -0.25) is 4.72 Å². The molecule has 13 nitrogen and oxygen atoms in total. The van der Waals surface area contributed by atoms with E-state index in [-0.39, 0.29) is 125 Å². The van der Waals surface area contributed by atoms with Gasteiger partial charge in [-0.2, -0.15) is 5.10 Å². The van der Waals surface area contributed by atoms with E-state index >= 15 is 0 Å². The number of aryl methyl sites for hydroxylation is 1. The summed E-state index contributed by atoms with van der Waals surface area (Å²) in [5.41, 5.74) is 1.07. The zero-order chi connectivity index (χ0) is 32.1. The predicted octanol–water partition coefficient (Wildman–Crippen LogP) is -3.47. The maximum atomic E-state index is 12.9. The maximum Gasteiger partial charge on any atom is 1.00 e. The minimum absolute atomic E-state index is 0. The van der Waals surface area contributed by atoms with Crippen molar-refractivity contribution in [2.45, 2.75) is 32.6 Å². The smallest absolute Gasteiger partial charge is 0.545 e. The summed E-state index contributed by atoms with van der Waals surface area (Å²) in [6, 6.07) is 11.5. The van der Waals surface area contributed by atoms with E-state index in [9.17, 15) is 33.3 Å². The molecule has 0 radical (unpaired) electrons. The third-order valence-corrected chi connectivity index (χ3v) is 8.14. The van der Waals surface area contributed by atoms with E-state index in [1.165, 1.54) is 23.0 Å². The molecule has 226 valence electrons. The minimum Gasteiger partial charge on any atom is -0.545 e. The number of carboxylic acid groups (broad SMARTS) is 2. The Labute approximate surface area is 354 Å². The molecule has 1 aliphatic heterocycles. The summed E-state index contributed by atoms with van der Waals surface area (Å²) in [5.74, 6) is -2.88. The van der Waals surface area contributed by atoms with Gasteiger partial charge >= 0.3 is 103 Å². The van der Waals surface area contributed by atoms with E-state index in [2.05, 4.69) is 19.9 Å². The van der Waals surface area contributed by atoms with Crippen molar-refractivity contribution in [1.82, 2.24) is 14.9 Å². The Morgan fingerprint density at radius 2 is 1.57 bits per heavy atom. The summed E-state index contributed by atoms with van der Waals surface area (Å²) in [7, 11) is -4.39. The zero-order valence-electron chi connectivity index (χ0n) is 25.6. The van der Waals surface area contributed by atoms with Crippen LogP contribution in [0.15, 0.2) is 69.6 Å². The van der Waals surface area contributed by atoms with Crippen molar-refractivity contribution >= 4 is 56.4 Å². The van der Waals surface area contributed by atoms with Crippen LogP contribution < -0.4 is 118 Å². The first-order valence-electron chi connectivity index (χ1n) is 12.9. The van der Waals surface area contributed by atoms with E-state index in [0.717, 1.165) is 18.2 Å². The van der Waals surface area contributed by atoms with Crippen LogP contribution in [0, 0.1) is 12.3 Å². The van der Waals surface area contributed by atoms with Crippen LogP contribution in [0.1, 0.15) is 52.9 Å². The summed E-state index contributed by atoms with van der Waals surface area (Å²) in [5, 5.41) is 41.8. The van der Waals surface area contributed by atoms with Gasteiger partial charge in [-0.25, -0.2) is 18.4 Å². The zero-order valence-corrected chi connectivity index (χ0v) is 33.4. The van der Waals surface area contributed by atoms with Gasteiger partial charge in [-0.1, -0.05) is 32.4 Å². The summed E-state index contributed by atoms with van der Waals surface area (Å²) in [6.07, 6.45) is 0. The summed E-state index contributed by atoms with van der Waals surface area (Å²) in [6.45, 7) is 7.62. The first kappa shape index (κ1) is 38.6. The molecule has 0 saturated carbocycles. The Morgan fingerprint density at radius 3 is 2.09 bits per heavy atom. The summed E-state index contributed by atoms with van der Waals surface area (Å²) < 4.78 is 28.2. The van der Waals surface area contributed by atoms with Crippen molar-refractivity contribution in [3.8, 4) is 17.1 Å². The number of carboxylic acids is 2. The number of anilines is 1. The molecule has 0 spiro atoms. The van der Waals surface area contributed by atoms with Crippen LogP contribution in [0.25, 0.3) is 11.4 Å². The van der Waals surface area contributed by atoms with Gasteiger partial charge in [-0.05, 0) is 78.2 Å². The summed E-state index contributed by atoms with van der Waals surface area (Å²) >= 11 is 6.16. The Balaban J connectivity index is 0.00000288. The van der Waals surface area contributed by atoms with E-state index in [1.54, 1.807) is 25.1 Å². The second kappa shape index (κ2) is 14.8. The number of hydrogen-bond acceptors (Lipinski definition) is 11. The van der Waals surface area contributed by atoms with Crippen LogP contribution in [0.4, 0.5) is 11.4 Å². The van der Waals surface area contributed by atoms with Gasteiger partial charge in [0, 0.05) is 16.7 Å². The number of carbonyl (C=O) groups excluding carboxylic acids is 2. The van der Waals surface area contributed by atoms with Crippen molar-refractivity contribution in [3.05, 3.63) is 82.1 Å². The van der Waals surface area contributed by atoms with Gasteiger partial charge < -0.3 is 24.9 Å². The Hall–Kier alpha value is -1.81. The topological polar surface area (TPSA) is 202 Å². The number of aromatic nitrogens is 3. The van der Waals surface area contributed by atoms with Crippen LogP contribution in [0.5, 0.6) is 5.75 Å². The Bertz CT molecular complexity index is 1980. The molecule has 2 N–H and O–H groups in total. The molecule has 2 heterocycles. The predicted molar refractivity (Wildman–Crippen MR) is 158 cm³/mol. The molecule has 0 atom stereocenters. The quantitative estimate of drug-likeness (QED) is 0.183. The van der Waals surface area contributed by atoms with Gasteiger partial charge in [0.2, 0.25) is 5.82 Å². The number of aromatic carboxylic acids is 2. The molecule has 46 heavy (non-hydrogen) atoms. The van der Waals surface area contributed by atoms with E-state index < -0.39 is 43.4 Å². The van der Waals surface area contributed by atoms with Crippen molar-refractivity contribution < 1.29 is 136 Å². The first-order valence-corrected chi connectivity index (χ1v) is 14.8. The first-order chi connectivity index (χ1) is 20.5. The number of aliphatic imine (C=N–C) groups is 1. The van der Waals surface area contributed by atoms with Crippen molar-refractivity contribution in [2.75, 3.05) is 4.72 Å². The molecule has 0 saturated heterocycles. The maximum absolute atomic E-state index is 12.9. The number of nitrogens with one attached hydrogen (secondary N) is 1. The molecular formula is C29H23ClK2N6O7S. The standard InChI is InChI=1S/C29H25ClN6O7S.2K/c1-14-9-19(13-21(30)23(14)37)31-22-24(29(2,3)4)33-36-26(22)32-25(34-36)15-5-7-18(8-6-15)35-44(42,43)20-11-16(27(38)39)10-17(12-20)28(40)41;;/h5-13,35,37H,1-4H3,(H,38,39)(H,40,41);;/q;2*+1/p-2. The number of aromatic hydroxyl groups is 1. The van der Waals surface area contributed by atoms with Gasteiger partial charge in [0.05, 0.1) is 33.3 Å². The van der Waals surface area contributed by atoms with Crippen LogP contribution >= 0.6 is 11.6 Å². The normalized spacial score (nSPS) is 13.3. The number of benzene rings is 3. The number of phenols is 1. The number of nitrogens with zero attached hydrogens (tertiary/aromatic N) is 5. The molecular weight excluding hydrogens is 690 g/mol. The fraction of sp³-hybridized carbons (Fsp3) is 0.172. The molecule has 0 bridgehead atoms. The van der Waals surface area contributed by atoms with Crippen LogP contribution in [0.3, 0.4) is 0 Å². The third kappa shape index (κ3) is 8.24. The molecule has 0 fully saturated rings. The fourth-order valence-corrected chi connectivity index (χ4v) is 5.69. The Morgan fingerprint density at radius 1 is 0.978 bits per heavy atom. The molecule has 0 amide bonds. The Kier molecular flexibility index (Phi) is 12.4. The van der Waals surface area contributed by atoms with Crippen LogP contribution in [-0.2, 0) is 10.0 Å². The molecule has 5 rings (SSSR count). The van der Waals surface area contributed by atoms with Crippen molar-refractivity contribution in [3.63, 3.8) is 0 Å². The van der Waals surface area contributed by atoms with Gasteiger partial charge in [0.1, 0.15) is 11.5 Å². The number of hydrogen-bond donors (Lipinski definition) is 2. The average Bonchev–Trinajstić information content (AvgIpc) is 3.51. The number of halogens is 1. The van der Waals surface area contributed by atoms with Crippen molar-refractivity contribution in [2.24, 2.45) is 15.5 Å². The minimum atomic E-state index is -4.39. The van der Waals surface area contributed by atoms with Gasteiger partial charge in [-0.15, -0.1) is 9.89 Å². The van der Waals surface area contributed by atoms with E-state index in [4.69, 9.17) is 16.6 Å². The van der Waals surface area contributed by atoms with Crippen LogP contribution in [0.2, 0.25) is 5.02 Å². The largest absolute Gasteiger partial charge is 1.00 e. The molecule has 1 aliphatic rings. The molecule has 17 heteroatoms. The molecule has 3 aromatic carbocycles. The van der Waals surface area contributed by atoms with Crippen LogP contribution in [-0.4, -0.2) is 51.8 Å². The molecule has 4 aromatic rings.